The predicted molar refractivity (Wildman–Crippen MR) is 75.9 cm³/mol. The molecule has 0 heterocycles. The second-order valence-electron chi connectivity index (χ2n) is 5.43. The predicted octanol–water partition coefficient (Wildman–Crippen LogP) is 4.19. The molecule has 0 fully saturated rings. The molecule has 1 aromatic rings. The van der Waals surface area contributed by atoms with E-state index < -0.39 is 0 Å². The second-order valence-corrected chi connectivity index (χ2v) is 6.28. The lowest BCUT2D eigenvalue weighted by Gasteiger charge is -2.19. The van der Waals surface area contributed by atoms with Crippen molar-refractivity contribution in [2.45, 2.75) is 34.1 Å². The number of nitrogens with one attached hydrogen (secondary N) is 1. The molecule has 0 atom stereocenters. The van der Waals surface area contributed by atoms with Crippen molar-refractivity contribution in [1.29, 1.82) is 0 Å². The third-order valence-electron chi connectivity index (χ3n) is 2.55. The van der Waals surface area contributed by atoms with E-state index in [9.17, 15) is 0 Å². The van der Waals surface area contributed by atoms with E-state index in [2.05, 4.69) is 48.1 Å². The molecule has 0 spiro atoms. The number of nitrogens with two attached hydrogens (primary N) is 1. The average Bonchev–Trinajstić information content (AvgIpc) is 2.11. The molecule has 2 nitrogen and oxygen atoms in total. The summed E-state index contributed by atoms with van der Waals surface area (Å²) >= 11 is 3.52. The summed E-state index contributed by atoms with van der Waals surface area (Å²) in [5, 5.41) is 3.44. The highest BCUT2D eigenvalue weighted by Crippen LogP contribution is 2.28. The fourth-order valence-corrected chi connectivity index (χ4v) is 1.91. The first-order valence-corrected chi connectivity index (χ1v) is 6.38. The molecule has 1 rings (SSSR count). The number of benzene rings is 1. The zero-order valence-electron chi connectivity index (χ0n) is 10.5. The van der Waals surface area contributed by atoms with Gasteiger partial charge in [-0.15, -0.1) is 0 Å². The number of hydrogen-bond donors (Lipinski definition) is 2. The molecule has 0 saturated carbocycles. The van der Waals surface area contributed by atoms with E-state index in [1.807, 2.05) is 13.0 Å². The lowest BCUT2D eigenvalue weighted by Crippen LogP contribution is -2.13. The van der Waals surface area contributed by atoms with Crippen LogP contribution in [0.1, 0.15) is 32.8 Å². The van der Waals surface area contributed by atoms with Gasteiger partial charge in [-0.25, -0.2) is 0 Å². The number of rotatable bonds is 3. The zero-order chi connectivity index (χ0) is 12.3. The molecule has 0 aliphatic rings. The van der Waals surface area contributed by atoms with E-state index in [4.69, 9.17) is 5.73 Å². The fraction of sp³-hybridized carbons (Fsp3) is 0.538. The maximum absolute atomic E-state index is 5.83. The molecular weight excluding hydrogens is 264 g/mol. The Hall–Kier alpha value is -0.700. The Morgan fingerprint density at radius 1 is 1.31 bits per heavy atom. The summed E-state index contributed by atoms with van der Waals surface area (Å²) < 4.78 is 1.03. The van der Waals surface area contributed by atoms with E-state index in [0.717, 1.165) is 34.4 Å². The monoisotopic (exact) mass is 284 g/mol. The molecule has 0 unspecified atom stereocenters. The van der Waals surface area contributed by atoms with Crippen molar-refractivity contribution in [2.75, 3.05) is 17.6 Å². The standard InChI is InChI=1S/C13H21BrN2/c1-9-7-12(10(14)8-11(9)15)16-6-5-13(2,3)4/h7-8,16H,5-6,15H2,1-4H3. The summed E-state index contributed by atoms with van der Waals surface area (Å²) in [6.45, 7) is 9.75. The number of nitrogen functional groups attached to an aromatic ring is 1. The van der Waals surface area contributed by atoms with Gasteiger partial charge in [0.05, 0.1) is 0 Å². The van der Waals surface area contributed by atoms with E-state index in [1.165, 1.54) is 0 Å². The Bertz CT molecular complexity index is 367. The Labute approximate surface area is 107 Å². The molecule has 16 heavy (non-hydrogen) atoms. The van der Waals surface area contributed by atoms with Gasteiger partial charge < -0.3 is 11.1 Å². The summed E-state index contributed by atoms with van der Waals surface area (Å²) in [6, 6.07) is 4.04. The van der Waals surface area contributed by atoms with Gasteiger partial charge in [0, 0.05) is 22.4 Å². The third-order valence-corrected chi connectivity index (χ3v) is 3.20. The van der Waals surface area contributed by atoms with Gasteiger partial charge in [-0.3, -0.25) is 0 Å². The minimum Gasteiger partial charge on any atom is -0.398 e. The maximum atomic E-state index is 5.83. The molecule has 0 bridgehead atoms. The minimum atomic E-state index is 0.363. The minimum absolute atomic E-state index is 0.363. The van der Waals surface area contributed by atoms with Crippen molar-refractivity contribution in [3.05, 3.63) is 22.2 Å². The van der Waals surface area contributed by atoms with Crippen LogP contribution in [0.5, 0.6) is 0 Å². The van der Waals surface area contributed by atoms with Crippen LogP contribution in [0.15, 0.2) is 16.6 Å². The first-order valence-electron chi connectivity index (χ1n) is 5.59. The second kappa shape index (κ2) is 5.09. The van der Waals surface area contributed by atoms with Gasteiger partial charge in [0.25, 0.3) is 0 Å². The average molecular weight is 285 g/mol. The van der Waals surface area contributed by atoms with Crippen LogP contribution in [0, 0.1) is 12.3 Å². The van der Waals surface area contributed by atoms with Crippen LogP contribution in [0.3, 0.4) is 0 Å². The molecule has 0 radical (unpaired) electrons. The van der Waals surface area contributed by atoms with Gasteiger partial charge in [0.2, 0.25) is 0 Å². The molecule has 0 aromatic heterocycles. The van der Waals surface area contributed by atoms with Crippen molar-refractivity contribution in [1.82, 2.24) is 0 Å². The molecule has 1 aromatic carbocycles. The molecule has 3 heteroatoms. The summed E-state index contributed by atoms with van der Waals surface area (Å²) in [5.41, 5.74) is 9.25. The Morgan fingerprint density at radius 2 is 1.94 bits per heavy atom. The van der Waals surface area contributed by atoms with Gasteiger partial charge in [-0.2, -0.15) is 0 Å². The topological polar surface area (TPSA) is 38.0 Å². The first-order chi connectivity index (χ1) is 7.29. The largest absolute Gasteiger partial charge is 0.398 e. The molecule has 0 amide bonds. The van der Waals surface area contributed by atoms with E-state index in [0.29, 0.717) is 5.41 Å². The number of hydrogen-bond acceptors (Lipinski definition) is 2. The Morgan fingerprint density at radius 3 is 2.50 bits per heavy atom. The Kier molecular flexibility index (Phi) is 4.25. The van der Waals surface area contributed by atoms with Crippen molar-refractivity contribution in [3.63, 3.8) is 0 Å². The van der Waals surface area contributed by atoms with Crippen LogP contribution in [0.25, 0.3) is 0 Å². The maximum Gasteiger partial charge on any atom is 0.0488 e. The normalized spacial score (nSPS) is 11.6. The molecule has 90 valence electrons. The number of halogens is 1. The molecule has 3 N–H and O–H groups in total. The van der Waals surface area contributed by atoms with Crippen molar-refractivity contribution in [2.24, 2.45) is 5.41 Å². The molecular formula is C13H21BrN2. The highest BCUT2D eigenvalue weighted by Gasteiger charge is 2.10. The quantitative estimate of drug-likeness (QED) is 0.817. The summed E-state index contributed by atoms with van der Waals surface area (Å²) in [7, 11) is 0. The third kappa shape index (κ3) is 4.05. The van der Waals surface area contributed by atoms with Crippen LogP contribution >= 0.6 is 15.9 Å². The van der Waals surface area contributed by atoms with Gasteiger partial charge in [0.15, 0.2) is 0 Å². The SMILES string of the molecule is Cc1cc(NCCC(C)(C)C)c(Br)cc1N. The van der Waals surface area contributed by atoms with E-state index >= 15 is 0 Å². The number of aryl methyl sites for hydroxylation is 1. The van der Waals surface area contributed by atoms with Gasteiger partial charge in [0.1, 0.15) is 0 Å². The zero-order valence-corrected chi connectivity index (χ0v) is 12.1. The first kappa shape index (κ1) is 13.4. The summed E-state index contributed by atoms with van der Waals surface area (Å²) in [5.74, 6) is 0. The Balaban J connectivity index is 2.64. The van der Waals surface area contributed by atoms with Gasteiger partial charge in [-0.05, 0) is 52.4 Å². The summed E-state index contributed by atoms with van der Waals surface area (Å²) in [4.78, 5) is 0. The van der Waals surface area contributed by atoms with Gasteiger partial charge >= 0.3 is 0 Å². The lowest BCUT2D eigenvalue weighted by atomic mass is 9.92. The highest BCUT2D eigenvalue weighted by atomic mass is 79.9. The fourth-order valence-electron chi connectivity index (χ4n) is 1.40. The summed E-state index contributed by atoms with van der Waals surface area (Å²) in [6.07, 6.45) is 1.14. The van der Waals surface area contributed by atoms with Crippen LogP contribution in [0.4, 0.5) is 11.4 Å². The lowest BCUT2D eigenvalue weighted by molar-refractivity contribution is 0.390. The van der Waals surface area contributed by atoms with Crippen molar-refractivity contribution in [3.8, 4) is 0 Å². The molecule has 0 aliphatic carbocycles. The van der Waals surface area contributed by atoms with Crippen molar-refractivity contribution >= 4 is 27.3 Å². The van der Waals surface area contributed by atoms with Crippen LogP contribution in [-0.2, 0) is 0 Å². The number of anilines is 2. The van der Waals surface area contributed by atoms with Crippen LogP contribution < -0.4 is 11.1 Å². The smallest absolute Gasteiger partial charge is 0.0488 e. The highest BCUT2D eigenvalue weighted by molar-refractivity contribution is 9.10. The van der Waals surface area contributed by atoms with Crippen LogP contribution in [0.2, 0.25) is 0 Å². The van der Waals surface area contributed by atoms with Crippen LogP contribution in [-0.4, -0.2) is 6.54 Å². The van der Waals surface area contributed by atoms with E-state index in [1.54, 1.807) is 0 Å². The molecule has 0 saturated heterocycles. The van der Waals surface area contributed by atoms with Gasteiger partial charge in [-0.1, -0.05) is 20.8 Å². The van der Waals surface area contributed by atoms with Crippen molar-refractivity contribution < 1.29 is 0 Å². The van der Waals surface area contributed by atoms with E-state index in [-0.39, 0.29) is 0 Å². The molecule has 0 aliphatic heterocycles.